The van der Waals surface area contributed by atoms with E-state index in [9.17, 15) is 4.79 Å². The first-order valence-electron chi connectivity index (χ1n) is 3.43. The molecule has 0 aliphatic rings. The fourth-order valence-corrected chi connectivity index (χ4v) is 0.656. The van der Waals surface area contributed by atoms with Crippen LogP contribution < -0.4 is 5.32 Å². The molecule has 0 rings (SSSR count). The van der Waals surface area contributed by atoms with Gasteiger partial charge in [-0.05, 0) is 20.8 Å². The van der Waals surface area contributed by atoms with E-state index in [1.54, 1.807) is 0 Å². The van der Waals surface area contributed by atoms with Gasteiger partial charge in [0.05, 0.1) is 0 Å². The summed E-state index contributed by atoms with van der Waals surface area (Å²) >= 11 is 3.54. The van der Waals surface area contributed by atoms with Gasteiger partial charge in [0, 0.05) is 5.54 Å². The van der Waals surface area contributed by atoms with Crippen LogP contribution in [-0.4, -0.2) is 10.8 Å². The Morgan fingerprint density at radius 1 is 1.30 bits per heavy atom. The van der Waals surface area contributed by atoms with Gasteiger partial charge in [-0.25, -0.2) is 0 Å². The highest BCUT2D eigenvalue weighted by Crippen LogP contribution is 1.98. The van der Waals surface area contributed by atoms with Crippen LogP contribution in [0, 0.1) is 0 Å². The lowest BCUT2D eigenvalue weighted by atomic mass is 10.1. The minimum absolute atomic E-state index is 0.154. The maximum Gasteiger partial charge on any atom is 0.276 e. The summed E-state index contributed by atoms with van der Waals surface area (Å²) in [4.78, 5) is 10.2. The average molecular weight is 163 g/mol. The van der Waals surface area contributed by atoms with E-state index in [-0.39, 0.29) is 10.8 Å². The summed E-state index contributed by atoms with van der Waals surface area (Å²) in [7, 11) is 0. The van der Waals surface area contributed by atoms with Gasteiger partial charge >= 0.3 is 0 Å². The molecule has 0 aliphatic carbocycles. The topological polar surface area (TPSA) is 29.1 Å². The third kappa shape index (κ3) is 15.7. The van der Waals surface area contributed by atoms with E-state index >= 15 is 0 Å². The standard InChI is InChI=1S/C5H11NOS.C2H6/c1-5(2,3)6-4(7)8;1-2/h1-3H3,(H2,6,7,8);1-2H3. The molecule has 0 bridgehead atoms. The summed E-state index contributed by atoms with van der Waals surface area (Å²) < 4.78 is 0. The summed E-state index contributed by atoms with van der Waals surface area (Å²) in [6, 6.07) is 0. The molecule has 0 fully saturated rings. The fraction of sp³-hybridized carbons (Fsp3) is 0.857. The smallest absolute Gasteiger partial charge is 0.276 e. The van der Waals surface area contributed by atoms with E-state index in [1.165, 1.54) is 0 Å². The van der Waals surface area contributed by atoms with Crippen LogP contribution in [0.2, 0.25) is 0 Å². The van der Waals surface area contributed by atoms with Crippen molar-refractivity contribution in [1.29, 1.82) is 0 Å². The van der Waals surface area contributed by atoms with E-state index < -0.39 is 0 Å². The van der Waals surface area contributed by atoms with Gasteiger partial charge < -0.3 is 5.32 Å². The molecule has 0 unspecified atom stereocenters. The number of hydrogen-bond donors (Lipinski definition) is 2. The van der Waals surface area contributed by atoms with E-state index in [0.717, 1.165) is 0 Å². The molecular weight excluding hydrogens is 146 g/mol. The Labute approximate surface area is 68.8 Å². The van der Waals surface area contributed by atoms with Gasteiger partial charge in [0.1, 0.15) is 0 Å². The molecule has 1 N–H and O–H groups in total. The summed E-state index contributed by atoms with van der Waals surface area (Å²) in [6.07, 6.45) is 0. The minimum Gasteiger partial charge on any atom is -0.343 e. The van der Waals surface area contributed by atoms with Gasteiger partial charge in [-0.15, -0.1) is 0 Å². The normalized spacial score (nSPS) is 9.40. The molecule has 62 valence electrons. The second kappa shape index (κ2) is 5.59. The Hall–Kier alpha value is -0.180. The molecule has 0 aliphatic heterocycles. The average Bonchev–Trinajstić information content (AvgIpc) is 1.64. The molecule has 0 saturated carbocycles. The highest BCUT2D eigenvalue weighted by atomic mass is 32.1. The van der Waals surface area contributed by atoms with Crippen LogP contribution in [0.3, 0.4) is 0 Å². The first-order chi connectivity index (χ1) is 4.42. The first-order valence-corrected chi connectivity index (χ1v) is 3.87. The number of nitrogens with one attached hydrogen (secondary N) is 1. The number of thiol groups is 1. The monoisotopic (exact) mass is 163 g/mol. The van der Waals surface area contributed by atoms with Crippen molar-refractivity contribution in [2.45, 2.75) is 40.2 Å². The molecular formula is C7H17NOS. The van der Waals surface area contributed by atoms with Gasteiger partial charge in [0.2, 0.25) is 0 Å². The second-order valence-corrected chi connectivity index (χ2v) is 3.09. The number of rotatable bonds is 0. The minimum atomic E-state index is -0.280. The second-order valence-electron chi connectivity index (χ2n) is 2.68. The third-order valence-corrected chi connectivity index (χ3v) is 0.594. The summed E-state index contributed by atoms with van der Waals surface area (Å²) in [5, 5.41) is 2.33. The Morgan fingerprint density at radius 2 is 1.60 bits per heavy atom. The highest BCUT2D eigenvalue weighted by Gasteiger charge is 2.09. The van der Waals surface area contributed by atoms with Crippen LogP contribution in [0.4, 0.5) is 4.79 Å². The van der Waals surface area contributed by atoms with Gasteiger partial charge in [-0.1, -0.05) is 26.5 Å². The number of hydrogen-bond acceptors (Lipinski definition) is 1. The van der Waals surface area contributed by atoms with Crippen LogP contribution in [0.1, 0.15) is 34.6 Å². The predicted molar refractivity (Wildman–Crippen MR) is 48.6 cm³/mol. The lowest BCUT2D eigenvalue weighted by molar-refractivity contribution is 0.253. The van der Waals surface area contributed by atoms with Crippen LogP contribution in [0.15, 0.2) is 0 Å². The number of amides is 1. The van der Waals surface area contributed by atoms with Crippen molar-refractivity contribution in [3.63, 3.8) is 0 Å². The molecule has 0 heterocycles. The number of carbonyl (C=O) groups is 1. The van der Waals surface area contributed by atoms with Crippen molar-refractivity contribution in [2.75, 3.05) is 0 Å². The fourth-order valence-electron chi connectivity index (χ4n) is 0.321. The molecule has 10 heavy (non-hydrogen) atoms. The van der Waals surface area contributed by atoms with Crippen molar-refractivity contribution < 1.29 is 4.79 Å². The van der Waals surface area contributed by atoms with Crippen molar-refractivity contribution in [3.05, 3.63) is 0 Å². The Bertz CT molecular complexity index is 96.3. The zero-order chi connectivity index (χ0) is 8.78. The van der Waals surface area contributed by atoms with Gasteiger partial charge in [-0.2, -0.15) is 0 Å². The maximum atomic E-state index is 10.2. The largest absolute Gasteiger partial charge is 0.343 e. The van der Waals surface area contributed by atoms with Crippen molar-refractivity contribution >= 4 is 17.9 Å². The zero-order valence-electron chi connectivity index (χ0n) is 7.36. The zero-order valence-corrected chi connectivity index (χ0v) is 8.25. The Balaban J connectivity index is 0. The molecule has 0 spiro atoms. The summed E-state index contributed by atoms with van der Waals surface area (Å²) in [6.45, 7) is 9.71. The van der Waals surface area contributed by atoms with E-state index in [4.69, 9.17) is 0 Å². The molecule has 3 heteroatoms. The molecule has 0 aromatic heterocycles. The third-order valence-electron chi connectivity index (χ3n) is 0.482. The van der Waals surface area contributed by atoms with E-state index in [0.29, 0.717) is 0 Å². The van der Waals surface area contributed by atoms with E-state index in [2.05, 4.69) is 17.9 Å². The summed E-state index contributed by atoms with van der Waals surface area (Å²) in [5.41, 5.74) is -0.154. The van der Waals surface area contributed by atoms with Crippen molar-refractivity contribution in [1.82, 2.24) is 5.32 Å². The predicted octanol–water partition coefficient (Wildman–Crippen LogP) is 2.45. The number of carbonyl (C=O) groups excluding carboxylic acids is 1. The summed E-state index contributed by atoms with van der Waals surface area (Å²) in [5.74, 6) is 0. The lowest BCUT2D eigenvalue weighted by Crippen LogP contribution is -2.37. The van der Waals surface area contributed by atoms with Crippen molar-refractivity contribution in [2.24, 2.45) is 0 Å². The highest BCUT2D eigenvalue weighted by molar-refractivity contribution is 7.96. The molecule has 0 aromatic carbocycles. The molecule has 0 radical (unpaired) electrons. The van der Waals surface area contributed by atoms with Gasteiger partial charge in [0.25, 0.3) is 5.24 Å². The van der Waals surface area contributed by atoms with E-state index in [1.807, 2.05) is 34.6 Å². The van der Waals surface area contributed by atoms with Crippen LogP contribution >= 0.6 is 12.6 Å². The van der Waals surface area contributed by atoms with Crippen molar-refractivity contribution in [3.8, 4) is 0 Å². The van der Waals surface area contributed by atoms with Gasteiger partial charge in [0.15, 0.2) is 0 Å². The Kier molecular flexibility index (Phi) is 6.99. The quantitative estimate of drug-likeness (QED) is 0.528. The van der Waals surface area contributed by atoms with Crippen LogP contribution in [-0.2, 0) is 0 Å². The van der Waals surface area contributed by atoms with Crippen LogP contribution in [0.25, 0.3) is 0 Å². The van der Waals surface area contributed by atoms with Gasteiger partial charge in [-0.3, -0.25) is 4.79 Å². The SMILES string of the molecule is CC.CC(C)(C)NC(=O)S. The molecule has 2 nitrogen and oxygen atoms in total. The first kappa shape index (κ1) is 12.5. The van der Waals surface area contributed by atoms with Crippen LogP contribution in [0.5, 0.6) is 0 Å². The lowest BCUT2D eigenvalue weighted by Gasteiger charge is -2.17. The maximum absolute atomic E-state index is 10.2. The molecule has 1 amide bonds. The molecule has 0 saturated heterocycles. The Morgan fingerprint density at radius 3 is 1.60 bits per heavy atom. The molecule has 0 atom stereocenters. The molecule has 0 aromatic rings.